The van der Waals surface area contributed by atoms with Crippen molar-refractivity contribution < 1.29 is 18.6 Å². The van der Waals surface area contributed by atoms with E-state index in [-0.39, 0.29) is 16.4 Å². The number of allylic oxidation sites excluding steroid dienone is 4. The monoisotopic (exact) mass is 463 g/mol. The summed E-state index contributed by atoms with van der Waals surface area (Å²) in [6, 6.07) is 1.56. The van der Waals surface area contributed by atoms with Gasteiger partial charge in [-0.05, 0) is 77.3 Å². The summed E-state index contributed by atoms with van der Waals surface area (Å²) in [5, 5.41) is 21.8. The molecule has 0 atom stereocenters. The third-order valence-electron chi connectivity index (χ3n) is 6.12. The van der Waals surface area contributed by atoms with E-state index in [2.05, 4.69) is 26.8 Å². The topological polar surface area (TPSA) is 77.8 Å². The Bertz CT molecular complexity index is 922. The lowest BCUT2D eigenvalue weighted by atomic mass is 10.00. The van der Waals surface area contributed by atoms with Crippen LogP contribution in [0.1, 0.15) is 90.2 Å². The minimum atomic E-state index is -3.82. The number of hydrogen-bond donors (Lipinski definition) is 2. The second kappa shape index (κ2) is 12.4. The first-order chi connectivity index (χ1) is 15.2. The molecule has 1 aromatic carbocycles. The molecule has 1 fully saturated rings. The maximum absolute atomic E-state index is 13.5. The zero-order valence-electron chi connectivity index (χ0n) is 20.3. The van der Waals surface area contributed by atoms with Crippen molar-refractivity contribution in [2.24, 2.45) is 0 Å². The molecule has 180 valence electrons. The minimum absolute atomic E-state index is 0.00102. The van der Waals surface area contributed by atoms with Gasteiger partial charge in [0, 0.05) is 18.7 Å². The van der Waals surface area contributed by atoms with Gasteiger partial charge in [0.2, 0.25) is 10.0 Å². The van der Waals surface area contributed by atoms with E-state index in [0.29, 0.717) is 37.1 Å². The highest BCUT2D eigenvalue weighted by molar-refractivity contribution is 7.89. The molecule has 0 amide bonds. The van der Waals surface area contributed by atoms with Gasteiger partial charge in [0.25, 0.3) is 0 Å². The summed E-state index contributed by atoms with van der Waals surface area (Å²) in [4.78, 5) is -0.00102. The summed E-state index contributed by atoms with van der Waals surface area (Å²) in [6.45, 7) is 9.22. The first-order valence-electron chi connectivity index (χ1n) is 12.0. The molecule has 1 heterocycles. The fraction of sp³-hybridized carbons (Fsp3) is 0.615. The number of hydrogen-bond acceptors (Lipinski definition) is 4. The highest BCUT2D eigenvalue weighted by atomic mass is 32.2. The number of nitrogens with zero attached hydrogens (tertiary/aromatic N) is 1. The van der Waals surface area contributed by atoms with E-state index in [0.717, 1.165) is 56.9 Å². The standard InChI is InChI=1S/C26H41NO4S/c1-5-6-8-14-22-19-24(28)23(16-15-21(4)13-11-12-20(2)3)25(29)26(22)32(30,31)27-17-9-7-10-18-27/h12,15,19,28-29H,5-11,13-14,16-18H2,1-4H3/b21-15+. The molecule has 0 spiro atoms. The quantitative estimate of drug-likeness (QED) is 0.301. The lowest BCUT2D eigenvalue weighted by Gasteiger charge is -2.28. The number of phenolic OH excluding ortho intramolecular Hbond substituents is 2. The van der Waals surface area contributed by atoms with E-state index < -0.39 is 10.0 Å². The van der Waals surface area contributed by atoms with Crippen LogP contribution in [0.2, 0.25) is 0 Å². The smallest absolute Gasteiger partial charge is 0.247 e. The van der Waals surface area contributed by atoms with Gasteiger partial charge in [0.15, 0.2) is 0 Å². The van der Waals surface area contributed by atoms with Crippen LogP contribution in [0.3, 0.4) is 0 Å². The Morgan fingerprint density at radius 3 is 2.38 bits per heavy atom. The van der Waals surface area contributed by atoms with Crippen LogP contribution in [0, 0.1) is 0 Å². The van der Waals surface area contributed by atoms with E-state index in [1.165, 1.54) is 9.88 Å². The van der Waals surface area contributed by atoms with Crippen LogP contribution >= 0.6 is 0 Å². The predicted molar refractivity (Wildman–Crippen MR) is 132 cm³/mol. The molecule has 6 heteroatoms. The Morgan fingerprint density at radius 1 is 1.06 bits per heavy atom. The number of aryl methyl sites for hydroxylation is 1. The van der Waals surface area contributed by atoms with Crippen LogP contribution in [-0.4, -0.2) is 36.0 Å². The van der Waals surface area contributed by atoms with E-state index in [1.54, 1.807) is 6.07 Å². The van der Waals surface area contributed by atoms with Gasteiger partial charge < -0.3 is 10.2 Å². The first kappa shape index (κ1) is 26.5. The summed E-state index contributed by atoms with van der Waals surface area (Å²) in [5.41, 5.74) is 3.24. The first-order valence-corrected chi connectivity index (χ1v) is 13.5. The van der Waals surface area contributed by atoms with Gasteiger partial charge >= 0.3 is 0 Å². The highest BCUT2D eigenvalue weighted by Gasteiger charge is 2.33. The van der Waals surface area contributed by atoms with Gasteiger partial charge in [-0.25, -0.2) is 8.42 Å². The summed E-state index contributed by atoms with van der Waals surface area (Å²) in [6.07, 6.45) is 12.3. The number of rotatable bonds is 11. The maximum Gasteiger partial charge on any atom is 0.247 e. The Balaban J connectivity index is 2.41. The molecule has 1 aliphatic heterocycles. The molecule has 0 aliphatic carbocycles. The van der Waals surface area contributed by atoms with Crippen molar-refractivity contribution in [1.29, 1.82) is 0 Å². The molecule has 1 aliphatic rings. The molecule has 1 saturated heterocycles. The van der Waals surface area contributed by atoms with Crippen LogP contribution in [0.15, 0.2) is 34.3 Å². The van der Waals surface area contributed by atoms with E-state index in [1.807, 2.05) is 13.0 Å². The molecular weight excluding hydrogens is 422 g/mol. The molecule has 0 aromatic heterocycles. The Labute approximate surface area is 194 Å². The molecule has 2 rings (SSSR count). The highest BCUT2D eigenvalue weighted by Crippen LogP contribution is 2.40. The van der Waals surface area contributed by atoms with E-state index in [9.17, 15) is 18.6 Å². The van der Waals surface area contributed by atoms with Crippen molar-refractivity contribution >= 4 is 10.0 Å². The lowest BCUT2D eigenvalue weighted by molar-refractivity contribution is 0.343. The van der Waals surface area contributed by atoms with Gasteiger partial charge in [0.05, 0.1) is 0 Å². The van der Waals surface area contributed by atoms with Crippen molar-refractivity contribution in [2.75, 3.05) is 13.1 Å². The third kappa shape index (κ3) is 7.11. The fourth-order valence-corrected chi connectivity index (χ4v) is 6.03. The molecular formula is C26H41NO4S. The number of piperidine rings is 1. The van der Waals surface area contributed by atoms with Crippen molar-refractivity contribution in [1.82, 2.24) is 4.31 Å². The van der Waals surface area contributed by atoms with E-state index >= 15 is 0 Å². The average Bonchev–Trinajstić information content (AvgIpc) is 2.73. The molecule has 0 radical (unpaired) electrons. The molecule has 2 N–H and O–H groups in total. The largest absolute Gasteiger partial charge is 0.508 e. The van der Waals surface area contributed by atoms with Gasteiger partial charge in [-0.15, -0.1) is 0 Å². The Morgan fingerprint density at radius 2 is 1.75 bits per heavy atom. The normalized spacial score (nSPS) is 15.7. The molecule has 0 saturated carbocycles. The number of aromatic hydroxyl groups is 2. The number of phenols is 2. The number of unbranched alkanes of at least 4 members (excludes halogenated alkanes) is 2. The zero-order valence-corrected chi connectivity index (χ0v) is 21.1. The molecule has 32 heavy (non-hydrogen) atoms. The minimum Gasteiger partial charge on any atom is -0.508 e. The van der Waals surface area contributed by atoms with Crippen LogP contribution < -0.4 is 0 Å². The maximum atomic E-state index is 13.5. The van der Waals surface area contributed by atoms with Crippen molar-refractivity contribution in [3.63, 3.8) is 0 Å². The fourth-order valence-electron chi connectivity index (χ4n) is 4.17. The van der Waals surface area contributed by atoms with Crippen LogP contribution in [0.25, 0.3) is 0 Å². The molecule has 5 nitrogen and oxygen atoms in total. The predicted octanol–water partition coefficient (Wildman–Crippen LogP) is 6.24. The SMILES string of the molecule is CCCCCc1cc(O)c(C/C=C(\C)CCC=C(C)C)c(O)c1S(=O)(=O)N1CCCCC1. The van der Waals surface area contributed by atoms with Crippen molar-refractivity contribution in [3.8, 4) is 11.5 Å². The lowest BCUT2D eigenvalue weighted by Crippen LogP contribution is -2.36. The van der Waals surface area contributed by atoms with Crippen LogP contribution in [-0.2, 0) is 22.9 Å². The molecule has 0 unspecified atom stereocenters. The zero-order chi connectivity index (χ0) is 23.7. The Kier molecular flexibility index (Phi) is 10.3. The summed E-state index contributed by atoms with van der Waals surface area (Å²) in [7, 11) is -3.82. The number of benzene rings is 1. The average molecular weight is 464 g/mol. The van der Waals surface area contributed by atoms with Crippen LogP contribution in [0.5, 0.6) is 11.5 Å². The second-order valence-corrected chi connectivity index (χ2v) is 11.1. The van der Waals surface area contributed by atoms with Gasteiger partial charge in [-0.1, -0.05) is 49.5 Å². The second-order valence-electron chi connectivity index (χ2n) is 9.21. The van der Waals surface area contributed by atoms with E-state index in [4.69, 9.17) is 0 Å². The molecule has 0 bridgehead atoms. The van der Waals surface area contributed by atoms with Crippen molar-refractivity contribution in [2.45, 2.75) is 96.8 Å². The Hall–Kier alpha value is -1.79. The summed E-state index contributed by atoms with van der Waals surface area (Å²) in [5.74, 6) is -0.310. The number of sulfonamides is 1. The van der Waals surface area contributed by atoms with Crippen LogP contribution in [0.4, 0.5) is 0 Å². The summed E-state index contributed by atoms with van der Waals surface area (Å²) < 4.78 is 28.6. The van der Waals surface area contributed by atoms with Gasteiger partial charge in [-0.3, -0.25) is 0 Å². The van der Waals surface area contributed by atoms with Gasteiger partial charge in [0.1, 0.15) is 16.4 Å². The summed E-state index contributed by atoms with van der Waals surface area (Å²) >= 11 is 0. The molecule has 1 aromatic rings. The third-order valence-corrected chi connectivity index (χ3v) is 8.14. The van der Waals surface area contributed by atoms with Crippen molar-refractivity contribution in [3.05, 3.63) is 40.5 Å². The van der Waals surface area contributed by atoms with Gasteiger partial charge in [-0.2, -0.15) is 4.31 Å².